The molecule has 0 bridgehead atoms. The zero-order valence-electron chi connectivity index (χ0n) is 35.9. The van der Waals surface area contributed by atoms with Crippen LogP contribution in [0, 0.1) is 12.7 Å². The van der Waals surface area contributed by atoms with Crippen molar-refractivity contribution in [2.24, 2.45) is 0 Å². The normalized spacial score (nSPS) is 13.6. The summed E-state index contributed by atoms with van der Waals surface area (Å²) < 4.78 is 19.7. The molecule has 0 aliphatic carbocycles. The minimum Gasteiger partial charge on any atom is -0.375 e. The summed E-state index contributed by atoms with van der Waals surface area (Å²) in [7, 11) is 0. The van der Waals surface area contributed by atoms with Gasteiger partial charge < -0.3 is 9.05 Å². The first-order valence-electron chi connectivity index (χ1n) is 21.2. The molecule has 0 saturated carbocycles. The van der Waals surface area contributed by atoms with Crippen LogP contribution in [0.1, 0.15) is 84.6 Å². The predicted octanol–water partition coefficient (Wildman–Crippen LogP) is 13.5. The van der Waals surface area contributed by atoms with Gasteiger partial charge in [0.05, 0.1) is 11.0 Å². The summed E-state index contributed by atoms with van der Waals surface area (Å²) in [4.78, 5) is 0. The van der Waals surface area contributed by atoms with E-state index in [1.54, 1.807) is 12.1 Å². The second kappa shape index (κ2) is 11.9. The number of aromatic nitrogens is 2. The van der Waals surface area contributed by atoms with Crippen LogP contribution in [-0.2, 0) is 16.2 Å². The largest absolute Gasteiger partial charge is 0.375 e. The minimum atomic E-state index is -0.224. The summed E-state index contributed by atoms with van der Waals surface area (Å²) in [5.74, 6) is -0.224. The molecule has 59 heavy (non-hydrogen) atoms. The third-order valence-electron chi connectivity index (χ3n) is 13.5. The van der Waals surface area contributed by atoms with Gasteiger partial charge in [0.2, 0.25) is 0 Å². The van der Waals surface area contributed by atoms with Crippen LogP contribution in [0.15, 0.2) is 121 Å². The standard InChI is InChI=1S/C55H50BFN2/c1-31-11-13-32(14-12-31)34-17-21-47-40(23-34)43-24-35(33-15-19-39(57)20-16-33)25-46-52(43)58(47)49-30-38(55(8,9)10)27-42-45-29-37(54(5,6)7)28-44-41-26-36(53(2,3)4)18-22-48(41)59(51(44)45)56(46)50(42)49/h11-30H,1-10H3. The van der Waals surface area contributed by atoms with Crippen LogP contribution in [-0.4, -0.2) is 15.9 Å². The third kappa shape index (κ3) is 5.24. The van der Waals surface area contributed by atoms with E-state index in [0.29, 0.717) is 0 Å². The summed E-state index contributed by atoms with van der Waals surface area (Å²) in [6, 6.07) is 44.9. The number of hydrogen-bond acceptors (Lipinski definition) is 0. The molecule has 2 aromatic heterocycles. The third-order valence-corrected chi connectivity index (χ3v) is 13.5. The molecule has 7 aromatic carbocycles. The lowest BCUT2D eigenvalue weighted by Gasteiger charge is -2.36. The lowest BCUT2D eigenvalue weighted by Crippen LogP contribution is -2.55. The van der Waals surface area contributed by atoms with E-state index in [1.165, 1.54) is 105 Å². The summed E-state index contributed by atoms with van der Waals surface area (Å²) in [5, 5.41) is 5.07. The Morgan fingerprint density at radius 3 is 1.69 bits per heavy atom. The van der Waals surface area contributed by atoms with Gasteiger partial charge in [0, 0.05) is 43.8 Å². The van der Waals surface area contributed by atoms with Gasteiger partial charge in [0.15, 0.2) is 0 Å². The summed E-state index contributed by atoms with van der Waals surface area (Å²) >= 11 is 0. The molecule has 9 aromatic rings. The fourth-order valence-corrected chi connectivity index (χ4v) is 10.1. The number of hydrogen-bond donors (Lipinski definition) is 0. The molecule has 290 valence electrons. The highest BCUT2D eigenvalue weighted by molar-refractivity contribution is 6.90. The van der Waals surface area contributed by atoms with E-state index in [-0.39, 0.29) is 28.9 Å². The van der Waals surface area contributed by atoms with E-state index in [0.717, 1.165) is 11.1 Å². The van der Waals surface area contributed by atoms with Gasteiger partial charge in [-0.25, -0.2) is 4.39 Å². The van der Waals surface area contributed by atoms with Crippen LogP contribution in [0.5, 0.6) is 0 Å². The molecule has 4 heteroatoms. The Hall–Kier alpha value is -5.87. The zero-order chi connectivity index (χ0) is 41.1. The number of benzene rings is 7. The molecule has 2 nitrogen and oxygen atoms in total. The average Bonchev–Trinajstić information content (AvgIpc) is 3.70. The summed E-state index contributed by atoms with van der Waals surface area (Å²) in [6.07, 6.45) is 0. The first-order valence-corrected chi connectivity index (χ1v) is 21.2. The SMILES string of the molecule is Cc1ccc(-c2ccc3c(c2)c2cc(-c4ccc(F)cc4)cc4c2n3-c2cc(C(C)(C)C)cc3c2B4n2c4ccc(C(C)(C)C)cc4c4cc(C(C)(C)C)cc-3c42)cc1. The van der Waals surface area contributed by atoms with Gasteiger partial charge in [0.1, 0.15) is 5.82 Å². The van der Waals surface area contributed by atoms with E-state index < -0.39 is 0 Å². The Balaban J connectivity index is 1.35. The van der Waals surface area contributed by atoms with Crippen molar-refractivity contribution in [3.63, 3.8) is 0 Å². The van der Waals surface area contributed by atoms with E-state index in [4.69, 9.17) is 0 Å². The summed E-state index contributed by atoms with van der Waals surface area (Å²) in [6.45, 7) is 23.1. The Morgan fingerprint density at radius 1 is 0.458 bits per heavy atom. The topological polar surface area (TPSA) is 9.86 Å². The van der Waals surface area contributed by atoms with Crippen molar-refractivity contribution < 1.29 is 4.39 Å². The molecular formula is C55H50BFN2. The molecule has 0 fully saturated rings. The molecular weight excluding hydrogens is 718 g/mol. The van der Waals surface area contributed by atoms with Crippen molar-refractivity contribution >= 4 is 61.4 Å². The number of halogens is 1. The van der Waals surface area contributed by atoms with Gasteiger partial charge in [0.25, 0.3) is 0 Å². The molecule has 0 radical (unpaired) electrons. The van der Waals surface area contributed by atoms with Gasteiger partial charge in [-0.15, -0.1) is 0 Å². The average molecular weight is 769 g/mol. The van der Waals surface area contributed by atoms with Crippen molar-refractivity contribution in [3.05, 3.63) is 149 Å². The second-order valence-corrected chi connectivity index (χ2v) is 20.5. The monoisotopic (exact) mass is 768 g/mol. The van der Waals surface area contributed by atoms with Gasteiger partial charge in [-0.05, 0) is 139 Å². The number of fused-ring (bicyclic) bond motifs is 10. The minimum absolute atomic E-state index is 0.00383. The van der Waals surface area contributed by atoms with Crippen LogP contribution >= 0.6 is 0 Å². The lowest BCUT2D eigenvalue weighted by atomic mass is 9.45. The predicted molar refractivity (Wildman–Crippen MR) is 251 cm³/mol. The first-order chi connectivity index (χ1) is 28.0. The van der Waals surface area contributed by atoms with E-state index >= 15 is 0 Å². The molecule has 0 spiro atoms. The van der Waals surface area contributed by atoms with Crippen molar-refractivity contribution in [3.8, 4) is 39.1 Å². The van der Waals surface area contributed by atoms with Crippen molar-refractivity contribution in [2.75, 3.05) is 0 Å². The van der Waals surface area contributed by atoms with Crippen LogP contribution in [0.4, 0.5) is 4.39 Å². The van der Waals surface area contributed by atoms with Crippen LogP contribution in [0.25, 0.3) is 82.7 Å². The smallest absolute Gasteiger partial charge is 0.333 e. The number of aryl methyl sites for hydroxylation is 1. The molecule has 4 heterocycles. The Morgan fingerprint density at radius 2 is 1.00 bits per heavy atom. The molecule has 11 rings (SSSR count). The van der Waals surface area contributed by atoms with Crippen molar-refractivity contribution in [1.29, 1.82) is 0 Å². The van der Waals surface area contributed by atoms with Crippen molar-refractivity contribution in [1.82, 2.24) is 9.05 Å². The van der Waals surface area contributed by atoms with Gasteiger partial charge >= 0.3 is 6.85 Å². The highest BCUT2D eigenvalue weighted by Crippen LogP contribution is 2.47. The Labute approximate surface area is 347 Å². The highest BCUT2D eigenvalue weighted by Gasteiger charge is 2.43. The van der Waals surface area contributed by atoms with Crippen LogP contribution in [0.2, 0.25) is 0 Å². The van der Waals surface area contributed by atoms with Crippen LogP contribution in [0.3, 0.4) is 0 Å². The van der Waals surface area contributed by atoms with Crippen molar-refractivity contribution in [2.45, 2.75) is 85.5 Å². The molecule has 0 amide bonds. The maximum atomic E-state index is 14.5. The second-order valence-electron chi connectivity index (χ2n) is 20.5. The van der Waals surface area contributed by atoms with E-state index in [1.807, 2.05) is 12.1 Å². The van der Waals surface area contributed by atoms with Gasteiger partial charge in [-0.2, -0.15) is 0 Å². The Kier molecular flexibility index (Phi) is 7.29. The van der Waals surface area contributed by atoms with E-state index in [9.17, 15) is 4.39 Å². The van der Waals surface area contributed by atoms with Gasteiger partial charge in [-0.1, -0.05) is 129 Å². The maximum Gasteiger partial charge on any atom is 0.333 e. The molecule has 0 atom stereocenters. The summed E-state index contributed by atoms with van der Waals surface area (Å²) in [5.41, 5.74) is 21.2. The van der Waals surface area contributed by atoms with Gasteiger partial charge in [-0.3, -0.25) is 0 Å². The van der Waals surface area contributed by atoms with E-state index in [2.05, 4.69) is 175 Å². The molecule has 2 aliphatic rings. The fraction of sp³-hybridized carbons (Fsp3) is 0.236. The number of nitrogens with zero attached hydrogens (tertiary/aromatic N) is 2. The Bertz CT molecular complexity index is 3260. The molecule has 0 unspecified atom stereocenters. The zero-order valence-corrected chi connectivity index (χ0v) is 35.9. The maximum absolute atomic E-state index is 14.5. The molecule has 0 saturated heterocycles. The highest BCUT2D eigenvalue weighted by atomic mass is 19.1. The quantitative estimate of drug-likeness (QED) is 0.155. The fourth-order valence-electron chi connectivity index (χ4n) is 10.1. The van der Waals surface area contributed by atoms with Crippen LogP contribution < -0.4 is 10.9 Å². The lowest BCUT2D eigenvalue weighted by molar-refractivity contribution is 0.589. The molecule has 2 aliphatic heterocycles. The first kappa shape index (κ1) is 36.2. The molecule has 0 N–H and O–H groups in total. The number of rotatable bonds is 2.